The van der Waals surface area contributed by atoms with Crippen molar-refractivity contribution in [2.45, 2.75) is 39.1 Å². The van der Waals surface area contributed by atoms with Gasteiger partial charge in [-0.1, -0.05) is 30.3 Å². The van der Waals surface area contributed by atoms with Crippen LogP contribution in [0.1, 0.15) is 19.4 Å². The highest BCUT2D eigenvalue weighted by molar-refractivity contribution is 5.74. The van der Waals surface area contributed by atoms with Crippen LogP contribution in [-0.4, -0.2) is 43.0 Å². The number of nitrogens with zero attached hydrogens (tertiary/aromatic N) is 3. The molecule has 150 valence electrons. The van der Waals surface area contributed by atoms with E-state index in [9.17, 15) is 14.7 Å². The number of aromatic nitrogens is 4. The minimum atomic E-state index is -0.839. The van der Waals surface area contributed by atoms with Crippen LogP contribution in [0.2, 0.25) is 0 Å². The van der Waals surface area contributed by atoms with Crippen LogP contribution in [0.15, 0.2) is 39.9 Å². The predicted octanol–water partition coefficient (Wildman–Crippen LogP) is 0.821. The normalized spacial score (nSPS) is 12.6. The van der Waals surface area contributed by atoms with E-state index < -0.39 is 17.4 Å². The van der Waals surface area contributed by atoms with Crippen LogP contribution < -0.4 is 16.6 Å². The molecule has 3 N–H and O–H groups in total. The number of aromatic amines is 1. The van der Waals surface area contributed by atoms with E-state index in [1.165, 1.54) is 11.6 Å². The zero-order valence-electron chi connectivity index (χ0n) is 16.2. The molecule has 0 radical (unpaired) electrons. The molecule has 28 heavy (non-hydrogen) atoms. The molecular weight excluding hydrogens is 362 g/mol. The lowest BCUT2D eigenvalue weighted by molar-refractivity contribution is -0.000108. The van der Waals surface area contributed by atoms with E-state index in [-0.39, 0.29) is 30.4 Å². The first-order chi connectivity index (χ1) is 13.4. The number of benzene rings is 1. The number of aliphatic hydroxyl groups excluding tert-OH is 1. The molecule has 0 spiro atoms. The van der Waals surface area contributed by atoms with Gasteiger partial charge in [0.25, 0.3) is 5.56 Å². The average Bonchev–Trinajstić information content (AvgIpc) is 3.02. The van der Waals surface area contributed by atoms with Crippen molar-refractivity contribution >= 4 is 17.1 Å². The van der Waals surface area contributed by atoms with Gasteiger partial charge in [0.15, 0.2) is 11.2 Å². The Balaban J connectivity index is 1.98. The zero-order chi connectivity index (χ0) is 20.3. The third-order valence-corrected chi connectivity index (χ3v) is 4.32. The van der Waals surface area contributed by atoms with Crippen LogP contribution in [0.3, 0.4) is 0 Å². The maximum Gasteiger partial charge on any atom is 0.329 e. The van der Waals surface area contributed by atoms with Crippen molar-refractivity contribution < 1.29 is 9.84 Å². The molecule has 0 saturated heterocycles. The molecule has 0 amide bonds. The number of fused-ring (bicyclic) bond motifs is 1. The van der Waals surface area contributed by atoms with E-state index in [1.807, 2.05) is 44.2 Å². The first-order valence-electron chi connectivity index (χ1n) is 9.13. The number of anilines is 1. The van der Waals surface area contributed by atoms with Crippen molar-refractivity contribution in [2.75, 3.05) is 11.9 Å². The Kier molecular flexibility index (Phi) is 5.96. The Hall–Kier alpha value is -2.91. The molecule has 3 aromatic rings. The van der Waals surface area contributed by atoms with E-state index >= 15 is 0 Å². The summed E-state index contributed by atoms with van der Waals surface area (Å²) in [5.41, 5.74) is 0.422. The number of aliphatic hydroxyl groups is 1. The third kappa shape index (κ3) is 4.32. The SMILES string of the molecule is CC(C)OCC(O)Cn1c(NCc2ccccc2)nc2c1c(=O)[nH]c(=O)n2C. The fourth-order valence-corrected chi connectivity index (χ4v) is 2.89. The van der Waals surface area contributed by atoms with Crippen LogP contribution in [0.4, 0.5) is 5.95 Å². The number of imidazole rings is 1. The molecule has 3 rings (SSSR count). The number of nitrogens with one attached hydrogen (secondary N) is 2. The van der Waals surface area contributed by atoms with E-state index in [0.29, 0.717) is 12.5 Å². The standard InChI is InChI=1S/C19H25N5O4/c1-12(2)28-11-14(25)10-24-15-16(23(3)19(27)22-17(15)26)21-18(24)20-9-13-7-5-4-6-8-13/h4-8,12,14,25H,9-11H2,1-3H3,(H,20,21)(H,22,26,27). The molecule has 1 unspecified atom stereocenters. The van der Waals surface area contributed by atoms with Crippen LogP contribution in [0.25, 0.3) is 11.2 Å². The van der Waals surface area contributed by atoms with E-state index in [0.717, 1.165) is 5.56 Å². The number of aryl methyl sites for hydroxylation is 1. The summed E-state index contributed by atoms with van der Waals surface area (Å²) in [6.45, 7) is 4.47. The lowest BCUT2D eigenvalue weighted by atomic mass is 10.2. The van der Waals surface area contributed by atoms with Crippen LogP contribution >= 0.6 is 0 Å². The summed E-state index contributed by atoms with van der Waals surface area (Å²) in [6, 6.07) is 9.73. The fourth-order valence-electron chi connectivity index (χ4n) is 2.89. The van der Waals surface area contributed by atoms with E-state index in [4.69, 9.17) is 4.74 Å². The largest absolute Gasteiger partial charge is 0.389 e. The lowest BCUT2D eigenvalue weighted by Crippen LogP contribution is -2.30. The summed E-state index contributed by atoms with van der Waals surface area (Å²) in [6.07, 6.45) is -0.859. The maximum absolute atomic E-state index is 12.4. The first kappa shape index (κ1) is 19.8. The summed E-state index contributed by atoms with van der Waals surface area (Å²) in [7, 11) is 1.54. The van der Waals surface area contributed by atoms with Crippen molar-refractivity contribution in [3.8, 4) is 0 Å². The first-order valence-corrected chi connectivity index (χ1v) is 9.13. The number of rotatable bonds is 8. The number of H-pyrrole nitrogens is 1. The van der Waals surface area contributed by atoms with Crippen molar-refractivity contribution in [1.82, 2.24) is 19.1 Å². The van der Waals surface area contributed by atoms with Gasteiger partial charge in [0, 0.05) is 13.6 Å². The summed E-state index contributed by atoms with van der Waals surface area (Å²) in [5, 5.41) is 13.6. The van der Waals surface area contributed by atoms with Gasteiger partial charge in [-0.25, -0.2) is 4.79 Å². The monoisotopic (exact) mass is 387 g/mol. The highest BCUT2D eigenvalue weighted by atomic mass is 16.5. The van der Waals surface area contributed by atoms with E-state index in [2.05, 4.69) is 15.3 Å². The second-order valence-electron chi connectivity index (χ2n) is 6.91. The Morgan fingerprint density at radius 1 is 1.25 bits per heavy atom. The van der Waals surface area contributed by atoms with Gasteiger partial charge in [0.1, 0.15) is 0 Å². The summed E-state index contributed by atoms with van der Waals surface area (Å²) < 4.78 is 8.33. The van der Waals surface area contributed by atoms with Gasteiger partial charge in [-0.2, -0.15) is 4.98 Å². The molecule has 0 saturated carbocycles. The fraction of sp³-hybridized carbons (Fsp3) is 0.421. The summed E-state index contributed by atoms with van der Waals surface area (Å²) in [5.74, 6) is 0.397. The van der Waals surface area contributed by atoms with Crippen molar-refractivity contribution in [2.24, 2.45) is 7.05 Å². The van der Waals surface area contributed by atoms with E-state index in [1.54, 1.807) is 4.57 Å². The summed E-state index contributed by atoms with van der Waals surface area (Å²) in [4.78, 5) is 31.1. The van der Waals surface area contributed by atoms with Crippen LogP contribution in [0, 0.1) is 0 Å². The van der Waals surface area contributed by atoms with Crippen molar-refractivity contribution in [3.05, 3.63) is 56.7 Å². The quantitative estimate of drug-likeness (QED) is 0.527. The number of hydrogen-bond acceptors (Lipinski definition) is 6. The molecule has 0 aliphatic rings. The smallest absolute Gasteiger partial charge is 0.329 e. The molecule has 0 aliphatic heterocycles. The molecule has 0 bridgehead atoms. The molecule has 0 fully saturated rings. The highest BCUT2D eigenvalue weighted by Crippen LogP contribution is 2.17. The number of hydrogen-bond donors (Lipinski definition) is 3. The molecule has 1 atom stereocenters. The minimum Gasteiger partial charge on any atom is -0.389 e. The lowest BCUT2D eigenvalue weighted by Gasteiger charge is -2.16. The third-order valence-electron chi connectivity index (χ3n) is 4.32. The van der Waals surface area contributed by atoms with Crippen molar-refractivity contribution in [1.29, 1.82) is 0 Å². The Bertz CT molecular complexity index is 1050. The van der Waals surface area contributed by atoms with Crippen molar-refractivity contribution in [3.63, 3.8) is 0 Å². The molecule has 9 nitrogen and oxygen atoms in total. The van der Waals surface area contributed by atoms with Gasteiger partial charge in [-0.3, -0.25) is 14.3 Å². The Labute approximate surface area is 161 Å². The summed E-state index contributed by atoms with van der Waals surface area (Å²) >= 11 is 0. The Morgan fingerprint density at radius 2 is 1.96 bits per heavy atom. The highest BCUT2D eigenvalue weighted by Gasteiger charge is 2.19. The Morgan fingerprint density at radius 3 is 2.64 bits per heavy atom. The second-order valence-corrected chi connectivity index (χ2v) is 6.91. The molecule has 2 aromatic heterocycles. The zero-order valence-corrected chi connectivity index (χ0v) is 16.2. The molecule has 2 heterocycles. The predicted molar refractivity (Wildman–Crippen MR) is 106 cm³/mol. The van der Waals surface area contributed by atoms with Gasteiger partial charge >= 0.3 is 5.69 Å². The maximum atomic E-state index is 12.4. The topological polar surface area (TPSA) is 114 Å². The number of ether oxygens (including phenoxy) is 1. The van der Waals surface area contributed by atoms with Crippen LogP contribution in [0.5, 0.6) is 0 Å². The van der Waals surface area contributed by atoms with Gasteiger partial charge in [-0.15, -0.1) is 0 Å². The molecule has 1 aromatic carbocycles. The van der Waals surface area contributed by atoms with Gasteiger partial charge in [0.05, 0.1) is 25.4 Å². The molecule has 0 aliphatic carbocycles. The second kappa shape index (κ2) is 8.41. The molecule has 9 heteroatoms. The average molecular weight is 387 g/mol. The molecular formula is C19H25N5O4. The van der Waals surface area contributed by atoms with Gasteiger partial charge in [-0.05, 0) is 19.4 Å². The van der Waals surface area contributed by atoms with Gasteiger partial charge < -0.3 is 19.7 Å². The minimum absolute atomic E-state index is 0.0194. The van der Waals surface area contributed by atoms with Gasteiger partial charge in [0.2, 0.25) is 5.95 Å². The van der Waals surface area contributed by atoms with Crippen LogP contribution in [-0.2, 0) is 24.9 Å².